The van der Waals surface area contributed by atoms with Gasteiger partial charge in [0.25, 0.3) is 0 Å². The Bertz CT molecular complexity index is 495. The molecule has 1 aromatic carbocycles. The van der Waals surface area contributed by atoms with Crippen molar-refractivity contribution in [3.8, 4) is 0 Å². The monoisotopic (exact) mass is 240 g/mol. The van der Waals surface area contributed by atoms with Gasteiger partial charge in [-0.15, -0.1) is 0 Å². The first-order chi connectivity index (χ1) is 8.88. The van der Waals surface area contributed by atoms with Crippen LogP contribution in [0.25, 0.3) is 0 Å². The van der Waals surface area contributed by atoms with Gasteiger partial charge in [0.2, 0.25) is 0 Å². The van der Waals surface area contributed by atoms with Crippen LogP contribution in [0.3, 0.4) is 0 Å². The van der Waals surface area contributed by atoms with E-state index >= 15 is 0 Å². The topological polar surface area (TPSA) is 52.7 Å². The van der Waals surface area contributed by atoms with Crippen molar-refractivity contribution in [1.29, 1.82) is 0 Å². The number of carbonyl (C=O) groups excluding carboxylic acids is 1. The van der Waals surface area contributed by atoms with Crippen molar-refractivity contribution in [2.45, 2.75) is 0 Å². The summed E-state index contributed by atoms with van der Waals surface area (Å²) in [6.45, 7) is 0. The van der Waals surface area contributed by atoms with E-state index in [2.05, 4.69) is 9.97 Å². The lowest BCUT2D eigenvalue weighted by atomic mass is 10.4. The second kappa shape index (κ2) is 6.15. The van der Waals surface area contributed by atoms with Crippen molar-refractivity contribution >= 4 is 6.03 Å². The molecule has 3 aromatic rings. The van der Waals surface area contributed by atoms with Gasteiger partial charge in [0.15, 0.2) is 0 Å². The SMILES string of the molecule is O=C(n1ccnc1)n1ccnc1.c1ccccc1. The lowest BCUT2D eigenvalue weighted by molar-refractivity contribution is 0.244. The summed E-state index contributed by atoms with van der Waals surface area (Å²) in [6.07, 6.45) is 9.17. The largest absolute Gasteiger partial charge is 0.338 e. The van der Waals surface area contributed by atoms with Gasteiger partial charge in [-0.2, -0.15) is 0 Å². The highest BCUT2D eigenvalue weighted by Crippen LogP contribution is 1.92. The van der Waals surface area contributed by atoms with Crippen LogP contribution < -0.4 is 0 Å². The summed E-state index contributed by atoms with van der Waals surface area (Å²) in [5, 5.41) is 0. The third kappa shape index (κ3) is 3.15. The van der Waals surface area contributed by atoms with Crippen molar-refractivity contribution in [2.24, 2.45) is 0 Å². The number of nitrogens with zero attached hydrogens (tertiary/aromatic N) is 4. The number of carbonyl (C=O) groups is 1. The first-order valence-corrected chi connectivity index (χ1v) is 5.38. The van der Waals surface area contributed by atoms with E-state index in [1.165, 1.54) is 21.8 Å². The smallest absolute Gasteiger partial charge is 0.257 e. The minimum absolute atomic E-state index is 0.190. The van der Waals surface area contributed by atoms with Crippen LogP contribution in [0.5, 0.6) is 0 Å². The summed E-state index contributed by atoms with van der Waals surface area (Å²) in [5.74, 6) is 0. The van der Waals surface area contributed by atoms with Gasteiger partial charge >= 0.3 is 6.03 Å². The Labute approximate surface area is 104 Å². The zero-order chi connectivity index (χ0) is 12.6. The van der Waals surface area contributed by atoms with E-state index in [4.69, 9.17) is 0 Å². The standard InChI is InChI=1S/C7H6N4O.C6H6/c12-7(10-3-1-8-5-10)11-4-2-9-6-11;1-2-4-6-5-3-1/h1-6H;1-6H. The fourth-order valence-electron chi connectivity index (χ4n) is 1.26. The van der Waals surface area contributed by atoms with Crippen LogP contribution in [-0.4, -0.2) is 25.1 Å². The molecular weight excluding hydrogens is 228 g/mol. The predicted octanol–water partition coefficient (Wildman–Crippen LogP) is 2.28. The summed E-state index contributed by atoms with van der Waals surface area (Å²) in [7, 11) is 0. The zero-order valence-electron chi connectivity index (χ0n) is 9.63. The summed E-state index contributed by atoms with van der Waals surface area (Å²) >= 11 is 0. The molecule has 0 saturated carbocycles. The van der Waals surface area contributed by atoms with Crippen LogP contribution in [0.2, 0.25) is 0 Å². The van der Waals surface area contributed by atoms with Crippen LogP contribution in [0.15, 0.2) is 73.8 Å². The lowest BCUT2D eigenvalue weighted by Gasteiger charge is -1.98. The minimum Gasteiger partial charge on any atom is -0.257 e. The number of aromatic nitrogens is 4. The Kier molecular flexibility index (Phi) is 4.02. The third-order valence-corrected chi connectivity index (χ3v) is 2.12. The zero-order valence-corrected chi connectivity index (χ0v) is 9.63. The van der Waals surface area contributed by atoms with E-state index < -0.39 is 0 Å². The Hall–Kier alpha value is -2.69. The van der Waals surface area contributed by atoms with Gasteiger partial charge in [0, 0.05) is 24.8 Å². The van der Waals surface area contributed by atoms with E-state index in [-0.39, 0.29) is 6.03 Å². The first-order valence-electron chi connectivity index (χ1n) is 5.38. The average Bonchev–Trinajstić information content (AvgIpc) is 3.14. The molecule has 5 heteroatoms. The van der Waals surface area contributed by atoms with Gasteiger partial charge < -0.3 is 0 Å². The van der Waals surface area contributed by atoms with Crippen molar-refractivity contribution < 1.29 is 4.79 Å². The molecule has 18 heavy (non-hydrogen) atoms. The maximum atomic E-state index is 11.4. The maximum absolute atomic E-state index is 11.4. The molecule has 0 N–H and O–H groups in total. The molecule has 0 radical (unpaired) electrons. The van der Waals surface area contributed by atoms with Gasteiger partial charge in [-0.05, 0) is 0 Å². The highest BCUT2D eigenvalue weighted by Gasteiger charge is 2.03. The number of hydrogen-bond acceptors (Lipinski definition) is 3. The van der Waals surface area contributed by atoms with Gasteiger partial charge in [-0.1, -0.05) is 36.4 Å². The second-order valence-electron chi connectivity index (χ2n) is 3.38. The van der Waals surface area contributed by atoms with Gasteiger partial charge in [-0.3, -0.25) is 9.13 Å². The van der Waals surface area contributed by atoms with Crippen molar-refractivity contribution in [3.63, 3.8) is 0 Å². The van der Waals surface area contributed by atoms with Crippen LogP contribution in [0.4, 0.5) is 4.79 Å². The van der Waals surface area contributed by atoms with E-state index in [9.17, 15) is 4.79 Å². The molecule has 3 rings (SSSR count). The highest BCUT2D eigenvalue weighted by atomic mass is 16.2. The molecule has 5 nitrogen and oxygen atoms in total. The first kappa shape index (κ1) is 11.8. The third-order valence-electron chi connectivity index (χ3n) is 2.12. The molecule has 0 spiro atoms. The Morgan fingerprint density at radius 2 is 1.11 bits per heavy atom. The lowest BCUT2D eigenvalue weighted by Crippen LogP contribution is -2.15. The van der Waals surface area contributed by atoms with E-state index in [1.807, 2.05) is 36.4 Å². The van der Waals surface area contributed by atoms with Crippen molar-refractivity contribution in [1.82, 2.24) is 19.1 Å². The summed E-state index contributed by atoms with van der Waals surface area (Å²) in [5.41, 5.74) is 0. The van der Waals surface area contributed by atoms with E-state index in [0.29, 0.717) is 0 Å². The Morgan fingerprint density at radius 1 is 0.722 bits per heavy atom. The summed E-state index contributed by atoms with van der Waals surface area (Å²) < 4.78 is 2.75. The quantitative estimate of drug-likeness (QED) is 0.605. The number of imidazole rings is 2. The van der Waals surface area contributed by atoms with Crippen molar-refractivity contribution in [3.05, 3.63) is 73.8 Å². The molecule has 0 amide bonds. The maximum Gasteiger partial charge on any atom is 0.338 e. The summed E-state index contributed by atoms with van der Waals surface area (Å²) in [4.78, 5) is 18.9. The predicted molar refractivity (Wildman–Crippen MR) is 67.1 cm³/mol. The molecule has 0 aliphatic heterocycles. The molecule has 0 fully saturated rings. The molecule has 0 saturated heterocycles. The molecule has 0 aliphatic carbocycles. The molecular formula is C13H12N4O. The molecule has 2 aromatic heterocycles. The Balaban J connectivity index is 0.000000169. The fourth-order valence-corrected chi connectivity index (χ4v) is 1.26. The van der Waals surface area contributed by atoms with E-state index in [1.54, 1.807) is 24.8 Å². The van der Waals surface area contributed by atoms with Gasteiger partial charge in [-0.25, -0.2) is 14.8 Å². The molecule has 90 valence electrons. The molecule has 2 heterocycles. The normalized spacial score (nSPS) is 9.33. The Morgan fingerprint density at radius 3 is 1.39 bits per heavy atom. The number of rotatable bonds is 0. The van der Waals surface area contributed by atoms with Gasteiger partial charge in [0.05, 0.1) is 0 Å². The number of benzene rings is 1. The van der Waals surface area contributed by atoms with Crippen LogP contribution in [-0.2, 0) is 0 Å². The average molecular weight is 240 g/mol. The molecule has 0 aliphatic rings. The number of hydrogen-bond donors (Lipinski definition) is 0. The van der Waals surface area contributed by atoms with E-state index in [0.717, 1.165) is 0 Å². The van der Waals surface area contributed by atoms with Gasteiger partial charge in [0.1, 0.15) is 12.7 Å². The fraction of sp³-hybridized carbons (Fsp3) is 0. The van der Waals surface area contributed by atoms with Crippen LogP contribution >= 0.6 is 0 Å². The second-order valence-corrected chi connectivity index (χ2v) is 3.38. The molecule has 0 bridgehead atoms. The highest BCUT2D eigenvalue weighted by molar-refractivity contribution is 5.78. The van der Waals surface area contributed by atoms with Crippen molar-refractivity contribution in [2.75, 3.05) is 0 Å². The summed E-state index contributed by atoms with van der Waals surface area (Å²) in [6, 6.07) is 11.8. The molecule has 0 atom stereocenters. The van der Waals surface area contributed by atoms with Crippen LogP contribution in [0.1, 0.15) is 0 Å². The minimum atomic E-state index is -0.190. The van der Waals surface area contributed by atoms with Crippen LogP contribution in [0, 0.1) is 0 Å². The molecule has 0 unspecified atom stereocenters.